The molecule has 1 aliphatic carbocycles. The Balaban J connectivity index is 1.65. The Hall–Kier alpha value is -0.220. The van der Waals surface area contributed by atoms with E-state index >= 15 is 0 Å². The molecule has 14 heavy (non-hydrogen) atoms. The van der Waals surface area contributed by atoms with E-state index in [-0.39, 0.29) is 5.91 Å². The molecule has 0 spiro atoms. The Morgan fingerprint density at radius 3 is 3.00 bits per heavy atom. The van der Waals surface area contributed by atoms with Crippen molar-refractivity contribution >= 4 is 17.7 Å². The maximum atomic E-state index is 11.5. The topological polar surface area (TPSA) is 41.1 Å². The van der Waals surface area contributed by atoms with Gasteiger partial charge >= 0.3 is 0 Å². The van der Waals surface area contributed by atoms with Gasteiger partial charge in [0.2, 0.25) is 5.91 Å². The van der Waals surface area contributed by atoms with Gasteiger partial charge in [-0.2, -0.15) is 11.8 Å². The molecule has 3 atom stereocenters. The first-order valence-electron chi connectivity index (χ1n) is 5.36. The number of amides is 1. The van der Waals surface area contributed by atoms with Crippen LogP contribution in [0.15, 0.2) is 0 Å². The summed E-state index contributed by atoms with van der Waals surface area (Å²) < 4.78 is 0. The highest BCUT2D eigenvalue weighted by molar-refractivity contribution is 7.99. The zero-order valence-corrected chi connectivity index (χ0v) is 9.40. The standard InChI is InChI=1S/C10H18N2OS/c1-7-4-9(7)12-10(13)5-8-6-14-3-2-11-8/h7-9,11H,2-6H2,1H3,(H,12,13). The molecule has 0 aromatic heterocycles. The van der Waals surface area contributed by atoms with Crippen molar-refractivity contribution in [3.05, 3.63) is 0 Å². The molecule has 0 radical (unpaired) electrons. The van der Waals surface area contributed by atoms with Gasteiger partial charge in [0.05, 0.1) is 0 Å². The van der Waals surface area contributed by atoms with E-state index in [0.717, 1.165) is 12.3 Å². The van der Waals surface area contributed by atoms with Gasteiger partial charge in [-0.25, -0.2) is 0 Å². The van der Waals surface area contributed by atoms with Crippen molar-refractivity contribution < 1.29 is 4.79 Å². The third-order valence-electron chi connectivity index (χ3n) is 2.89. The summed E-state index contributed by atoms with van der Waals surface area (Å²) in [6.07, 6.45) is 1.81. The van der Waals surface area contributed by atoms with E-state index in [1.54, 1.807) is 0 Å². The van der Waals surface area contributed by atoms with E-state index in [2.05, 4.69) is 17.6 Å². The largest absolute Gasteiger partial charge is 0.353 e. The summed E-state index contributed by atoms with van der Waals surface area (Å²) in [5.74, 6) is 3.18. The highest BCUT2D eigenvalue weighted by atomic mass is 32.2. The number of carbonyl (C=O) groups excluding carboxylic acids is 1. The minimum atomic E-state index is 0.222. The van der Waals surface area contributed by atoms with E-state index in [9.17, 15) is 4.79 Å². The number of hydrogen-bond donors (Lipinski definition) is 2. The molecule has 3 unspecified atom stereocenters. The maximum absolute atomic E-state index is 11.5. The van der Waals surface area contributed by atoms with Crippen LogP contribution in [0, 0.1) is 5.92 Å². The molecule has 1 amide bonds. The Labute approximate surface area is 89.4 Å². The first-order chi connectivity index (χ1) is 6.75. The van der Waals surface area contributed by atoms with Gasteiger partial charge in [-0.3, -0.25) is 4.79 Å². The molecular weight excluding hydrogens is 196 g/mol. The van der Waals surface area contributed by atoms with Crippen molar-refractivity contribution in [3.8, 4) is 0 Å². The number of nitrogens with one attached hydrogen (secondary N) is 2. The SMILES string of the molecule is CC1CC1NC(=O)CC1CSCCN1. The Morgan fingerprint density at radius 1 is 1.64 bits per heavy atom. The number of carbonyl (C=O) groups is 1. The van der Waals surface area contributed by atoms with Crippen LogP contribution in [0.4, 0.5) is 0 Å². The monoisotopic (exact) mass is 214 g/mol. The molecule has 2 aliphatic rings. The van der Waals surface area contributed by atoms with Gasteiger partial charge in [-0.05, 0) is 12.3 Å². The van der Waals surface area contributed by atoms with E-state index < -0.39 is 0 Å². The molecule has 0 bridgehead atoms. The first kappa shape index (κ1) is 10.3. The van der Waals surface area contributed by atoms with Crippen molar-refractivity contribution in [3.63, 3.8) is 0 Å². The maximum Gasteiger partial charge on any atom is 0.221 e. The minimum absolute atomic E-state index is 0.222. The zero-order valence-electron chi connectivity index (χ0n) is 8.58. The summed E-state index contributed by atoms with van der Waals surface area (Å²) in [6, 6.07) is 0.863. The summed E-state index contributed by atoms with van der Waals surface area (Å²) in [6.45, 7) is 3.22. The van der Waals surface area contributed by atoms with Crippen LogP contribution in [0.5, 0.6) is 0 Å². The van der Waals surface area contributed by atoms with Crippen LogP contribution in [0.3, 0.4) is 0 Å². The van der Waals surface area contributed by atoms with Gasteiger partial charge in [-0.1, -0.05) is 6.92 Å². The van der Waals surface area contributed by atoms with Crippen molar-refractivity contribution in [1.29, 1.82) is 0 Å². The lowest BCUT2D eigenvalue weighted by molar-refractivity contribution is -0.121. The second-order valence-electron chi connectivity index (χ2n) is 4.32. The minimum Gasteiger partial charge on any atom is -0.353 e. The molecule has 2 N–H and O–H groups in total. The van der Waals surface area contributed by atoms with Crippen molar-refractivity contribution in [2.75, 3.05) is 18.1 Å². The van der Waals surface area contributed by atoms with Gasteiger partial charge in [0.1, 0.15) is 0 Å². The van der Waals surface area contributed by atoms with E-state index in [0.29, 0.717) is 24.4 Å². The van der Waals surface area contributed by atoms with Gasteiger partial charge in [0, 0.05) is 36.6 Å². The van der Waals surface area contributed by atoms with Crippen LogP contribution in [0.2, 0.25) is 0 Å². The smallest absolute Gasteiger partial charge is 0.221 e. The average molecular weight is 214 g/mol. The number of thioether (sulfide) groups is 1. The van der Waals surface area contributed by atoms with Gasteiger partial charge in [0.15, 0.2) is 0 Å². The average Bonchev–Trinajstić information content (AvgIpc) is 2.83. The fourth-order valence-corrected chi connectivity index (χ4v) is 2.71. The van der Waals surface area contributed by atoms with Gasteiger partial charge < -0.3 is 10.6 Å². The normalized spacial score (nSPS) is 36.5. The van der Waals surface area contributed by atoms with Crippen molar-refractivity contribution in [2.45, 2.75) is 31.8 Å². The molecule has 2 fully saturated rings. The van der Waals surface area contributed by atoms with Crippen LogP contribution in [-0.4, -0.2) is 36.0 Å². The highest BCUT2D eigenvalue weighted by Gasteiger charge is 2.34. The Bertz CT molecular complexity index is 216. The fourth-order valence-electron chi connectivity index (χ4n) is 1.76. The first-order valence-corrected chi connectivity index (χ1v) is 6.51. The molecule has 1 heterocycles. The molecule has 4 heteroatoms. The van der Waals surface area contributed by atoms with Crippen LogP contribution in [0.25, 0.3) is 0 Å². The Kier molecular flexibility index (Phi) is 3.34. The summed E-state index contributed by atoms with van der Waals surface area (Å²) in [5, 5.41) is 6.44. The summed E-state index contributed by atoms with van der Waals surface area (Å²) in [5.41, 5.74) is 0. The molecular formula is C10H18N2OS. The van der Waals surface area contributed by atoms with E-state index in [4.69, 9.17) is 0 Å². The number of rotatable bonds is 3. The fraction of sp³-hybridized carbons (Fsp3) is 0.900. The predicted octanol–water partition coefficient (Wildman–Crippen LogP) is 0.606. The molecule has 0 aromatic carbocycles. The van der Waals surface area contributed by atoms with Crippen molar-refractivity contribution in [1.82, 2.24) is 10.6 Å². The lowest BCUT2D eigenvalue weighted by Crippen LogP contribution is -2.41. The third-order valence-corrected chi connectivity index (χ3v) is 4.02. The second-order valence-corrected chi connectivity index (χ2v) is 5.47. The highest BCUT2D eigenvalue weighted by Crippen LogP contribution is 2.29. The molecule has 3 nitrogen and oxygen atoms in total. The van der Waals surface area contributed by atoms with Crippen LogP contribution < -0.4 is 10.6 Å². The molecule has 1 saturated heterocycles. The summed E-state index contributed by atoms with van der Waals surface area (Å²) in [4.78, 5) is 11.5. The summed E-state index contributed by atoms with van der Waals surface area (Å²) in [7, 11) is 0. The van der Waals surface area contributed by atoms with Gasteiger partial charge in [0.25, 0.3) is 0 Å². The van der Waals surface area contributed by atoms with E-state index in [1.165, 1.54) is 12.2 Å². The molecule has 1 saturated carbocycles. The molecule has 1 aliphatic heterocycles. The quantitative estimate of drug-likeness (QED) is 0.723. The molecule has 2 rings (SSSR count). The van der Waals surface area contributed by atoms with Gasteiger partial charge in [-0.15, -0.1) is 0 Å². The second kappa shape index (κ2) is 4.53. The summed E-state index contributed by atoms with van der Waals surface area (Å²) >= 11 is 1.94. The molecule has 80 valence electrons. The predicted molar refractivity (Wildman–Crippen MR) is 59.4 cm³/mol. The lowest BCUT2D eigenvalue weighted by Gasteiger charge is -2.22. The lowest BCUT2D eigenvalue weighted by atomic mass is 10.2. The van der Waals surface area contributed by atoms with Crippen LogP contribution in [0.1, 0.15) is 19.8 Å². The third kappa shape index (κ3) is 2.89. The molecule has 0 aromatic rings. The van der Waals surface area contributed by atoms with Crippen molar-refractivity contribution in [2.24, 2.45) is 5.92 Å². The van der Waals surface area contributed by atoms with Crippen LogP contribution in [-0.2, 0) is 4.79 Å². The number of hydrogen-bond acceptors (Lipinski definition) is 3. The Morgan fingerprint density at radius 2 is 2.43 bits per heavy atom. The van der Waals surface area contributed by atoms with E-state index in [1.807, 2.05) is 11.8 Å². The van der Waals surface area contributed by atoms with Crippen LogP contribution >= 0.6 is 11.8 Å². The zero-order chi connectivity index (χ0) is 9.97.